The lowest BCUT2D eigenvalue weighted by Gasteiger charge is -2.15. The van der Waals surface area contributed by atoms with E-state index in [0.717, 1.165) is 23.4 Å². The van der Waals surface area contributed by atoms with E-state index in [1.807, 2.05) is 13.8 Å². The van der Waals surface area contributed by atoms with Crippen LogP contribution in [0.1, 0.15) is 56.7 Å². The van der Waals surface area contributed by atoms with Gasteiger partial charge in [-0.15, -0.1) is 0 Å². The molecule has 0 aliphatic heterocycles. The summed E-state index contributed by atoms with van der Waals surface area (Å²) in [5, 5.41) is 0.841. The second-order valence-electron chi connectivity index (χ2n) is 5.31. The summed E-state index contributed by atoms with van der Waals surface area (Å²) in [7, 11) is 0. The van der Waals surface area contributed by atoms with Crippen LogP contribution in [0.5, 0.6) is 5.75 Å². The number of ether oxygens (including phenoxy) is 1. The van der Waals surface area contributed by atoms with Gasteiger partial charge in [-0.05, 0) is 44.4 Å². The predicted molar refractivity (Wildman–Crippen MR) is 83.8 cm³/mol. The average molecular weight is 279 g/mol. The Morgan fingerprint density at radius 1 is 1.37 bits per heavy atom. The minimum absolute atomic E-state index is 0.0888. The number of rotatable bonds is 6. The first-order valence-corrected chi connectivity index (χ1v) is 8.38. The quantitative estimate of drug-likeness (QED) is 0.844. The minimum atomic E-state index is 0.0888. The number of nitrogens with two attached hydrogens (primary N) is 1. The summed E-state index contributed by atoms with van der Waals surface area (Å²) in [5.41, 5.74) is 8.48. The molecule has 0 aromatic heterocycles. The van der Waals surface area contributed by atoms with E-state index in [1.54, 1.807) is 0 Å². The van der Waals surface area contributed by atoms with Gasteiger partial charge in [-0.25, -0.2) is 0 Å². The normalized spacial score (nSPS) is 17.6. The molecule has 0 radical (unpaired) electrons. The van der Waals surface area contributed by atoms with E-state index in [0.29, 0.717) is 0 Å². The van der Waals surface area contributed by atoms with Gasteiger partial charge in [-0.1, -0.05) is 18.9 Å². The SMILES string of the molecule is CCOc1ccc(C(C)N)cc1CSC1CCCC1. The van der Waals surface area contributed by atoms with Crippen molar-refractivity contribution in [2.24, 2.45) is 5.73 Å². The second-order valence-corrected chi connectivity index (χ2v) is 6.59. The van der Waals surface area contributed by atoms with E-state index in [2.05, 4.69) is 30.0 Å². The summed E-state index contributed by atoms with van der Waals surface area (Å²) in [6.07, 6.45) is 5.55. The third-order valence-corrected chi connectivity index (χ3v) is 5.11. The van der Waals surface area contributed by atoms with Crippen LogP contribution in [0, 0.1) is 0 Å². The van der Waals surface area contributed by atoms with Gasteiger partial charge in [0.15, 0.2) is 0 Å². The van der Waals surface area contributed by atoms with Crippen LogP contribution in [0.2, 0.25) is 0 Å². The third-order valence-electron chi connectivity index (χ3n) is 3.69. The average Bonchev–Trinajstić information content (AvgIpc) is 2.90. The maximum Gasteiger partial charge on any atom is 0.123 e. The van der Waals surface area contributed by atoms with E-state index < -0.39 is 0 Å². The van der Waals surface area contributed by atoms with Crippen LogP contribution in [-0.2, 0) is 5.75 Å². The zero-order chi connectivity index (χ0) is 13.7. The summed E-state index contributed by atoms with van der Waals surface area (Å²) in [6, 6.07) is 6.47. The van der Waals surface area contributed by atoms with Gasteiger partial charge in [0.2, 0.25) is 0 Å². The molecule has 1 aliphatic rings. The maximum atomic E-state index is 5.98. The van der Waals surface area contributed by atoms with Gasteiger partial charge in [0, 0.05) is 22.6 Å². The van der Waals surface area contributed by atoms with Gasteiger partial charge in [0.1, 0.15) is 5.75 Å². The van der Waals surface area contributed by atoms with Crippen LogP contribution < -0.4 is 10.5 Å². The van der Waals surface area contributed by atoms with E-state index >= 15 is 0 Å². The number of thioether (sulfide) groups is 1. The molecule has 1 saturated carbocycles. The topological polar surface area (TPSA) is 35.2 Å². The van der Waals surface area contributed by atoms with Crippen molar-refractivity contribution in [2.75, 3.05) is 6.61 Å². The molecule has 2 rings (SSSR count). The summed E-state index contributed by atoms with van der Waals surface area (Å²) in [6.45, 7) is 4.79. The molecule has 0 heterocycles. The second kappa shape index (κ2) is 7.20. The first kappa shape index (κ1) is 14.7. The number of hydrogen-bond donors (Lipinski definition) is 1. The van der Waals surface area contributed by atoms with Crippen LogP contribution in [0.4, 0.5) is 0 Å². The molecular weight excluding hydrogens is 254 g/mol. The van der Waals surface area contributed by atoms with Crippen LogP contribution >= 0.6 is 11.8 Å². The van der Waals surface area contributed by atoms with Crippen LogP contribution in [0.15, 0.2) is 18.2 Å². The van der Waals surface area contributed by atoms with Gasteiger partial charge >= 0.3 is 0 Å². The van der Waals surface area contributed by atoms with Gasteiger partial charge < -0.3 is 10.5 Å². The molecule has 2 N–H and O–H groups in total. The van der Waals surface area contributed by atoms with Crippen LogP contribution in [0.25, 0.3) is 0 Å². The maximum absolute atomic E-state index is 5.98. The van der Waals surface area contributed by atoms with Gasteiger partial charge in [-0.3, -0.25) is 0 Å². The molecule has 1 aliphatic carbocycles. The Balaban J connectivity index is 2.07. The third kappa shape index (κ3) is 4.15. The summed E-state index contributed by atoms with van der Waals surface area (Å²) >= 11 is 2.08. The zero-order valence-corrected chi connectivity index (χ0v) is 12.8. The molecule has 1 atom stereocenters. The summed E-state index contributed by atoms with van der Waals surface area (Å²) in [4.78, 5) is 0. The molecule has 1 aromatic carbocycles. The molecule has 0 saturated heterocycles. The van der Waals surface area contributed by atoms with Crippen LogP contribution in [0.3, 0.4) is 0 Å². The number of benzene rings is 1. The van der Waals surface area contributed by atoms with Crippen molar-refractivity contribution in [3.63, 3.8) is 0 Å². The van der Waals surface area contributed by atoms with Crippen molar-refractivity contribution in [2.45, 2.75) is 56.6 Å². The fourth-order valence-corrected chi connectivity index (χ4v) is 3.86. The molecule has 0 bridgehead atoms. The fraction of sp³-hybridized carbons (Fsp3) is 0.625. The highest BCUT2D eigenvalue weighted by atomic mass is 32.2. The molecular formula is C16H25NOS. The molecule has 0 spiro atoms. The van der Waals surface area contributed by atoms with Gasteiger partial charge in [-0.2, -0.15) is 11.8 Å². The Morgan fingerprint density at radius 3 is 2.74 bits per heavy atom. The van der Waals surface area contributed by atoms with E-state index in [1.165, 1.54) is 36.8 Å². The van der Waals surface area contributed by atoms with E-state index in [-0.39, 0.29) is 6.04 Å². The standard InChI is InChI=1S/C16H25NOS/c1-3-18-16-9-8-13(12(2)17)10-14(16)11-19-15-6-4-5-7-15/h8-10,12,15H,3-7,11,17H2,1-2H3. The molecule has 1 unspecified atom stereocenters. The van der Waals surface area contributed by atoms with Crippen molar-refractivity contribution in [1.82, 2.24) is 0 Å². The van der Waals surface area contributed by atoms with E-state index in [9.17, 15) is 0 Å². The summed E-state index contributed by atoms with van der Waals surface area (Å²) < 4.78 is 5.73. The van der Waals surface area contributed by atoms with Crippen molar-refractivity contribution < 1.29 is 4.74 Å². The lowest BCUT2D eigenvalue weighted by atomic mass is 10.1. The molecule has 19 heavy (non-hydrogen) atoms. The molecule has 2 nitrogen and oxygen atoms in total. The fourth-order valence-electron chi connectivity index (χ4n) is 2.55. The van der Waals surface area contributed by atoms with Crippen molar-refractivity contribution in [3.8, 4) is 5.75 Å². The van der Waals surface area contributed by atoms with Gasteiger partial charge in [0.25, 0.3) is 0 Å². The highest BCUT2D eigenvalue weighted by molar-refractivity contribution is 7.99. The Hall–Kier alpha value is -0.670. The van der Waals surface area contributed by atoms with E-state index in [4.69, 9.17) is 10.5 Å². The lowest BCUT2D eigenvalue weighted by molar-refractivity contribution is 0.337. The predicted octanol–water partition coefficient (Wildman–Crippen LogP) is 4.28. The summed E-state index contributed by atoms with van der Waals surface area (Å²) in [5.74, 6) is 2.07. The monoisotopic (exact) mass is 279 g/mol. The molecule has 106 valence electrons. The molecule has 3 heteroatoms. The highest BCUT2D eigenvalue weighted by Crippen LogP contribution is 2.34. The minimum Gasteiger partial charge on any atom is -0.494 e. The Morgan fingerprint density at radius 2 is 2.11 bits per heavy atom. The Kier molecular flexibility index (Phi) is 5.59. The first-order chi connectivity index (χ1) is 9.20. The van der Waals surface area contributed by atoms with Crippen molar-refractivity contribution in [3.05, 3.63) is 29.3 Å². The van der Waals surface area contributed by atoms with Crippen molar-refractivity contribution >= 4 is 11.8 Å². The Bertz CT molecular complexity index is 400. The smallest absolute Gasteiger partial charge is 0.123 e. The molecule has 0 amide bonds. The molecule has 1 fully saturated rings. The zero-order valence-electron chi connectivity index (χ0n) is 12.0. The molecule has 1 aromatic rings. The van der Waals surface area contributed by atoms with Crippen molar-refractivity contribution in [1.29, 1.82) is 0 Å². The Labute approximate surface area is 121 Å². The largest absolute Gasteiger partial charge is 0.494 e. The number of hydrogen-bond acceptors (Lipinski definition) is 3. The van der Waals surface area contributed by atoms with Crippen LogP contribution in [-0.4, -0.2) is 11.9 Å². The highest BCUT2D eigenvalue weighted by Gasteiger charge is 2.16. The lowest BCUT2D eigenvalue weighted by Crippen LogP contribution is -2.06. The van der Waals surface area contributed by atoms with Gasteiger partial charge in [0.05, 0.1) is 6.61 Å². The first-order valence-electron chi connectivity index (χ1n) is 7.33.